The van der Waals surface area contributed by atoms with Crippen LogP contribution in [0.5, 0.6) is 5.75 Å². The van der Waals surface area contributed by atoms with Crippen molar-refractivity contribution in [1.82, 2.24) is 15.1 Å². The number of ether oxygens (including phenoxy) is 1. The normalized spacial score (nSPS) is 12.2. The van der Waals surface area contributed by atoms with Gasteiger partial charge in [-0.3, -0.25) is 14.3 Å². The molecule has 0 saturated heterocycles. The van der Waals surface area contributed by atoms with Gasteiger partial charge in [0.05, 0.1) is 18.0 Å². The van der Waals surface area contributed by atoms with Gasteiger partial charge in [0.2, 0.25) is 0 Å². The first kappa shape index (κ1) is 30.9. The van der Waals surface area contributed by atoms with Crippen LogP contribution < -0.4 is 10.1 Å². The molecular weight excluding hydrogens is 618 g/mol. The highest BCUT2D eigenvalue weighted by Crippen LogP contribution is 2.37. The molecule has 0 unspecified atom stereocenters. The SMILES string of the molecule is C[C@@H](c1ccc(C(=O)NCCC(=O)O)cc1)n1nc(-c2cc(Cl)cc(Cl)c2)c2ccc(-c3cccc(OC(F)(F)F)c3)cc21. The van der Waals surface area contributed by atoms with Crippen molar-refractivity contribution in [3.8, 4) is 28.1 Å². The van der Waals surface area contributed by atoms with Crippen molar-refractivity contribution in [2.45, 2.75) is 25.7 Å². The number of rotatable bonds is 9. The van der Waals surface area contributed by atoms with Gasteiger partial charge in [0, 0.05) is 33.1 Å². The average molecular weight is 642 g/mol. The molecule has 1 aromatic heterocycles. The van der Waals surface area contributed by atoms with Crippen LogP contribution >= 0.6 is 23.2 Å². The van der Waals surface area contributed by atoms with E-state index >= 15 is 0 Å². The summed E-state index contributed by atoms with van der Waals surface area (Å²) in [5.41, 5.74) is 4.32. The standard InChI is InChI=1S/C32H24Cl2F3N3O4/c1-18(19-5-7-20(8-6-19)31(43)38-12-11-29(41)42)40-28-16-22(21-3-2-4-26(15-21)44-32(35,36)37)9-10-27(28)30(39-40)23-13-24(33)17-25(34)14-23/h2-10,13-18H,11-12H2,1H3,(H,38,43)(H,41,42)/t18-/m0/s1. The fraction of sp³-hybridized carbons (Fsp3) is 0.156. The summed E-state index contributed by atoms with van der Waals surface area (Å²) in [4.78, 5) is 23.2. The van der Waals surface area contributed by atoms with Crippen molar-refractivity contribution in [3.63, 3.8) is 0 Å². The number of carbonyl (C=O) groups excluding carboxylic acids is 1. The largest absolute Gasteiger partial charge is 0.573 e. The number of halogens is 5. The number of nitrogens with zero attached hydrogens (tertiary/aromatic N) is 2. The zero-order valence-corrected chi connectivity index (χ0v) is 24.5. The van der Waals surface area contributed by atoms with Gasteiger partial charge < -0.3 is 15.2 Å². The molecule has 0 spiro atoms. The zero-order valence-electron chi connectivity index (χ0n) is 23.0. The van der Waals surface area contributed by atoms with E-state index < -0.39 is 18.2 Å². The highest BCUT2D eigenvalue weighted by molar-refractivity contribution is 6.35. The Kier molecular flexibility index (Phi) is 8.85. The Balaban J connectivity index is 1.56. The molecule has 0 saturated carbocycles. The van der Waals surface area contributed by atoms with Crippen LogP contribution in [-0.4, -0.2) is 39.7 Å². The number of carbonyl (C=O) groups is 2. The summed E-state index contributed by atoms with van der Waals surface area (Å²) in [7, 11) is 0. The van der Waals surface area contributed by atoms with E-state index in [1.165, 1.54) is 18.2 Å². The predicted molar refractivity (Wildman–Crippen MR) is 162 cm³/mol. The molecule has 4 aromatic carbocycles. The van der Waals surface area contributed by atoms with Gasteiger partial charge in [-0.05, 0) is 78.2 Å². The van der Waals surface area contributed by atoms with E-state index in [1.54, 1.807) is 59.3 Å². The molecule has 0 fully saturated rings. The van der Waals surface area contributed by atoms with Crippen LogP contribution in [0.3, 0.4) is 0 Å². The first-order chi connectivity index (χ1) is 20.9. The third kappa shape index (κ3) is 7.15. The fourth-order valence-corrected chi connectivity index (χ4v) is 5.35. The Hall–Kier alpha value is -4.54. The molecule has 2 N–H and O–H groups in total. The number of fused-ring (bicyclic) bond motifs is 1. The molecule has 226 valence electrons. The number of carboxylic acids is 1. The summed E-state index contributed by atoms with van der Waals surface area (Å²) in [5.74, 6) is -1.74. The van der Waals surface area contributed by atoms with Gasteiger partial charge >= 0.3 is 12.3 Å². The summed E-state index contributed by atoms with van der Waals surface area (Å²) in [6.07, 6.45) is -5.01. The van der Waals surface area contributed by atoms with E-state index in [9.17, 15) is 22.8 Å². The number of aliphatic carboxylic acids is 1. The molecule has 5 aromatic rings. The molecule has 1 atom stereocenters. The van der Waals surface area contributed by atoms with Crippen LogP contribution in [0, 0.1) is 0 Å². The second kappa shape index (κ2) is 12.6. The van der Waals surface area contributed by atoms with Crippen LogP contribution in [0.1, 0.15) is 35.3 Å². The maximum atomic E-state index is 12.9. The van der Waals surface area contributed by atoms with Crippen molar-refractivity contribution >= 4 is 46.0 Å². The Morgan fingerprint density at radius 3 is 2.27 bits per heavy atom. The minimum atomic E-state index is -4.82. The lowest BCUT2D eigenvalue weighted by atomic mass is 10.0. The number of nitrogens with one attached hydrogen (secondary N) is 1. The minimum absolute atomic E-state index is 0.00939. The van der Waals surface area contributed by atoms with E-state index in [0.717, 1.165) is 10.9 Å². The first-order valence-corrected chi connectivity index (χ1v) is 14.1. The quantitative estimate of drug-likeness (QED) is 0.169. The Labute approximate surface area is 259 Å². The van der Waals surface area contributed by atoms with Crippen molar-refractivity contribution in [2.24, 2.45) is 0 Å². The third-order valence-electron chi connectivity index (χ3n) is 6.89. The van der Waals surface area contributed by atoms with E-state index in [2.05, 4.69) is 10.1 Å². The van der Waals surface area contributed by atoms with Gasteiger partial charge in [0.1, 0.15) is 11.4 Å². The Bertz CT molecular complexity index is 1840. The summed E-state index contributed by atoms with van der Waals surface area (Å²) < 4.78 is 44.5. The number of aromatic nitrogens is 2. The molecule has 12 heteroatoms. The topological polar surface area (TPSA) is 93.5 Å². The molecule has 44 heavy (non-hydrogen) atoms. The summed E-state index contributed by atoms with van der Waals surface area (Å²) in [5, 5.41) is 17.9. The molecule has 7 nitrogen and oxygen atoms in total. The number of hydrogen-bond donors (Lipinski definition) is 2. The maximum absolute atomic E-state index is 12.9. The molecule has 0 aliphatic carbocycles. The highest BCUT2D eigenvalue weighted by atomic mass is 35.5. The van der Waals surface area contributed by atoms with Crippen LogP contribution in [-0.2, 0) is 4.79 Å². The Morgan fingerprint density at radius 2 is 1.61 bits per heavy atom. The third-order valence-corrected chi connectivity index (χ3v) is 7.33. The molecular formula is C32H24Cl2F3N3O4. The van der Waals surface area contributed by atoms with Crippen molar-refractivity contribution in [3.05, 3.63) is 106 Å². The van der Waals surface area contributed by atoms with Crippen LogP contribution in [0.4, 0.5) is 13.2 Å². The van der Waals surface area contributed by atoms with Gasteiger partial charge in [0.15, 0.2) is 0 Å². The predicted octanol–water partition coefficient (Wildman–Crippen LogP) is 8.39. The lowest BCUT2D eigenvalue weighted by Crippen LogP contribution is -2.26. The summed E-state index contributed by atoms with van der Waals surface area (Å²) in [6, 6.07) is 22.8. The lowest BCUT2D eigenvalue weighted by Gasteiger charge is -2.15. The molecule has 0 bridgehead atoms. The minimum Gasteiger partial charge on any atom is -0.481 e. The monoisotopic (exact) mass is 641 g/mol. The molecule has 0 radical (unpaired) electrons. The number of alkyl halides is 3. The molecule has 1 heterocycles. The van der Waals surface area contributed by atoms with E-state index in [1.807, 2.05) is 19.1 Å². The lowest BCUT2D eigenvalue weighted by molar-refractivity contribution is -0.274. The number of carboxylic acid groups (broad SMARTS) is 1. The van der Waals surface area contributed by atoms with E-state index in [4.69, 9.17) is 33.4 Å². The van der Waals surface area contributed by atoms with Gasteiger partial charge in [-0.2, -0.15) is 5.10 Å². The molecule has 0 aliphatic heterocycles. The van der Waals surface area contributed by atoms with E-state index in [0.29, 0.717) is 43.5 Å². The summed E-state index contributed by atoms with van der Waals surface area (Å²) >= 11 is 12.6. The van der Waals surface area contributed by atoms with Gasteiger partial charge in [-0.1, -0.05) is 53.5 Å². The van der Waals surface area contributed by atoms with Crippen LogP contribution in [0.15, 0.2) is 84.9 Å². The molecule has 1 amide bonds. The van der Waals surface area contributed by atoms with Gasteiger partial charge in [-0.15, -0.1) is 13.2 Å². The first-order valence-electron chi connectivity index (χ1n) is 13.3. The number of hydrogen-bond acceptors (Lipinski definition) is 4. The Morgan fingerprint density at radius 1 is 0.932 bits per heavy atom. The van der Waals surface area contributed by atoms with Crippen molar-refractivity contribution in [1.29, 1.82) is 0 Å². The highest BCUT2D eigenvalue weighted by Gasteiger charge is 2.31. The molecule has 5 rings (SSSR count). The fourth-order valence-electron chi connectivity index (χ4n) is 4.83. The second-order valence-electron chi connectivity index (χ2n) is 9.96. The van der Waals surface area contributed by atoms with Crippen LogP contribution in [0.2, 0.25) is 10.0 Å². The molecule has 0 aliphatic rings. The second-order valence-corrected chi connectivity index (χ2v) is 10.8. The van der Waals surface area contributed by atoms with E-state index in [-0.39, 0.29) is 24.8 Å². The smallest absolute Gasteiger partial charge is 0.481 e. The van der Waals surface area contributed by atoms with Gasteiger partial charge in [-0.25, -0.2) is 0 Å². The summed E-state index contributed by atoms with van der Waals surface area (Å²) in [6.45, 7) is 1.93. The van der Waals surface area contributed by atoms with Crippen molar-refractivity contribution < 1.29 is 32.6 Å². The maximum Gasteiger partial charge on any atom is 0.573 e. The van der Waals surface area contributed by atoms with Crippen LogP contribution in [0.25, 0.3) is 33.3 Å². The number of benzene rings is 4. The van der Waals surface area contributed by atoms with Gasteiger partial charge in [0.25, 0.3) is 5.91 Å². The average Bonchev–Trinajstić information content (AvgIpc) is 3.34. The van der Waals surface area contributed by atoms with Crippen molar-refractivity contribution in [2.75, 3.05) is 6.54 Å². The zero-order chi connectivity index (χ0) is 31.6. The number of amides is 1.